The Hall–Kier alpha value is -0.456. The Morgan fingerprint density at radius 1 is 0.938 bits per heavy atom. The molecule has 0 aliphatic rings. The summed E-state index contributed by atoms with van der Waals surface area (Å²) in [7, 11) is 0. The predicted octanol–water partition coefficient (Wildman–Crippen LogP) is 4.27. The van der Waals surface area contributed by atoms with Gasteiger partial charge in [-0.3, -0.25) is 0 Å². The van der Waals surface area contributed by atoms with Crippen molar-refractivity contribution in [3.05, 3.63) is 60.2 Å². The van der Waals surface area contributed by atoms with Crippen molar-refractivity contribution in [1.82, 2.24) is 0 Å². The van der Waals surface area contributed by atoms with Gasteiger partial charge >= 0.3 is 0 Å². The van der Waals surface area contributed by atoms with Crippen LogP contribution in [0.1, 0.15) is 25.3 Å². The average molecular weight is 284 g/mol. The SMILES string of the molecule is CC(C)c1c[c-]c(-c2ccccc2)cc1.[Y]. The summed E-state index contributed by atoms with van der Waals surface area (Å²) in [5.74, 6) is 0.575. The fourth-order valence-electron chi connectivity index (χ4n) is 1.59. The monoisotopic (exact) mass is 284 g/mol. The van der Waals surface area contributed by atoms with Crippen LogP contribution in [0.4, 0.5) is 0 Å². The van der Waals surface area contributed by atoms with Crippen molar-refractivity contribution in [3.63, 3.8) is 0 Å². The van der Waals surface area contributed by atoms with E-state index in [0.29, 0.717) is 5.92 Å². The number of hydrogen-bond donors (Lipinski definition) is 0. The van der Waals surface area contributed by atoms with Gasteiger partial charge in [0, 0.05) is 32.7 Å². The Kier molecular flexibility index (Phi) is 5.38. The third-order valence-electron chi connectivity index (χ3n) is 2.59. The fourth-order valence-corrected chi connectivity index (χ4v) is 1.59. The van der Waals surface area contributed by atoms with Crippen molar-refractivity contribution in [2.45, 2.75) is 19.8 Å². The molecule has 0 aliphatic heterocycles. The Morgan fingerprint density at radius 3 is 2.12 bits per heavy atom. The van der Waals surface area contributed by atoms with Gasteiger partial charge in [0.15, 0.2) is 0 Å². The largest absolute Gasteiger partial charge is 0.144 e. The molecule has 0 fully saturated rings. The molecule has 2 rings (SSSR count). The Balaban J connectivity index is 0.00000128. The predicted molar refractivity (Wildman–Crippen MR) is 64.8 cm³/mol. The van der Waals surface area contributed by atoms with Gasteiger partial charge in [-0.2, -0.15) is 0 Å². The molecule has 0 bridgehead atoms. The standard InChI is InChI=1S/C15H15.Y/c1-12(2)13-8-10-15(11-9-13)14-6-4-3-5-7-14;/h3-10,12H,1-2H3;/q-1;. The zero-order chi connectivity index (χ0) is 10.7. The first-order chi connectivity index (χ1) is 7.27. The first-order valence-electron chi connectivity index (χ1n) is 5.34. The number of benzene rings is 2. The first-order valence-corrected chi connectivity index (χ1v) is 5.34. The van der Waals surface area contributed by atoms with Crippen LogP contribution >= 0.6 is 0 Å². The maximum atomic E-state index is 3.33. The van der Waals surface area contributed by atoms with E-state index in [0.717, 1.165) is 0 Å². The van der Waals surface area contributed by atoms with Crippen LogP contribution in [0, 0.1) is 6.07 Å². The van der Waals surface area contributed by atoms with Crippen LogP contribution < -0.4 is 0 Å². The topological polar surface area (TPSA) is 0 Å². The molecule has 0 saturated heterocycles. The van der Waals surface area contributed by atoms with E-state index in [1.807, 2.05) is 6.07 Å². The summed E-state index contributed by atoms with van der Waals surface area (Å²) in [6.45, 7) is 4.40. The fraction of sp³-hybridized carbons (Fsp3) is 0.200. The summed E-state index contributed by atoms with van der Waals surface area (Å²) in [5.41, 5.74) is 3.74. The Morgan fingerprint density at radius 2 is 1.62 bits per heavy atom. The smallest absolute Gasteiger partial charge is 0 e. The van der Waals surface area contributed by atoms with Crippen LogP contribution in [0.5, 0.6) is 0 Å². The van der Waals surface area contributed by atoms with E-state index in [2.05, 4.69) is 62.4 Å². The van der Waals surface area contributed by atoms with Gasteiger partial charge in [-0.25, -0.2) is 0 Å². The molecule has 2 aromatic rings. The molecule has 0 amide bonds. The van der Waals surface area contributed by atoms with Crippen molar-refractivity contribution < 1.29 is 32.7 Å². The van der Waals surface area contributed by atoms with Gasteiger partial charge in [-0.05, 0) is 0 Å². The molecule has 0 aliphatic carbocycles. The van der Waals surface area contributed by atoms with Gasteiger partial charge in [-0.1, -0.05) is 55.7 Å². The van der Waals surface area contributed by atoms with E-state index in [-0.39, 0.29) is 32.7 Å². The summed E-state index contributed by atoms with van der Waals surface area (Å²) in [4.78, 5) is 0. The van der Waals surface area contributed by atoms with Crippen molar-refractivity contribution in [1.29, 1.82) is 0 Å². The van der Waals surface area contributed by atoms with Crippen molar-refractivity contribution in [2.75, 3.05) is 0 Å². The zero-order valence-electron chi connectivity index (χ0n) is 9.77. The molecule has 0 N–H and O–H groups in total. The molecule has 2 aromatic carbocycles. The summed E-state index contributed by atoms with van der Waals surface area (Å²) in [6.07, 6.45) is 0. The van der Waals surface area contributed by atoms with Gasteiger partial charge in [0.2, 0.25) is 0 Å². The van der Waals surface area contributed by atoms with Gasteiger partial charge in [0.05, 0.1) is 0 Å². The minimum absolute atomic E-state index is 0. The van der Waals surface area contributed by atoms with Gasteiger partial charge in [0.1, 0.15) is 0 Å². The van der Waals surface area contributed by atoms with Crippen LogP contribution in [0.15, 0.2) is 48.5 Å². The second kappa shape index (κ2) is 6.32. The molecule has 16 heavy (non-hydrogen) atoms. The maximum Gasteiger partial charge on any atom is 0 e. The molecule has 0 saturated carbocycles. The van der Waals surface area contributed by atoms with E-state index in [4.69, 9.17) is 0 Å². The van der Waals surface area contributed by atoms with Gasteiger partial charge in [0.25, 0.3) is 0 Å². The molecule has 79 valence electrons. The molecule has 1 heteroatoms. The summed E-state index contributed by atoms with van der Waals surface area (Å²) >= 11 is 0. The normalized spacial score (nSPS) is 9.94. The molecule has 1 radical (unpaired) electrons. The van der Waals surface area contributed by atoms with E-state index >= 15 is 0 Å². The second-order valence-electron chi connectivity index (χ2n) is 4.06. The average Bonchev–Trinajstić information content (AvgIpc) is 2.30. The quantitative estimate of drug-likeness (QED) is 0.722. The van der Waals surface area contributed by atoms with Crippen molar-refractivity contribution in [2.24, 2.45) is 0 Å². The molecule has 0 heterocycles. The summed E-state index contributed by atoms with van der Waals surface area (Å²) in [6, 6.07) is 20.1. The minimum atomic E-state index is 0. The molecule has 0 atom stereocenters. The van der Waals surface area contributed by atoms with Crippen molar-refractivity contribution >= 4 is 0 Å². The molecule has 0 aromatic heterocycles. The van der Waals surface area contributed by atoms with E-state index in [9.17, 15) is 0 Å². The van der Waals surface area contributed by atoms with Gasteiger partial charge < -0.3 is 0 Å². The van der Waals surface area contributed by atoms with Crippen LogP contribution in [0.2, 0.25) is 0 Å². The van der Waals surface area contributed by atoms with Gasteiger partial charge in [-0.15, -0.1) is 35.4 Å². The summed E-state index contributed by atoms with van der Waals surface area (Å²) < 4.78 is 0. The third-order valence-corrected chi connectivity index (χ3v) is 2.59. The van der Waals surface area contributed by atoms with Crippen LogP contribution in [0.3, 0.4) is 0 Å². The Labute approximate surface area is 123 Å². The van der Waals surface area contributed by atoms with Crippen molar-refractivity contribution in [3.8, 4) is 11.1 Å². The second-order valence-corrected chi connectivity index (χ2v) is 4.06. The molecule has 0 spiro atoms. The van der Waals surface area contributed by atoms with E-state index in [1.165, 1.54) is 16.7 Å². The van der Waals surface area contributed by atoms with E-state index in [1.54, 1.807) is 0 Å². The molecule has 0 unspecified atom stereocenters. The summed E-state index contributed by atoms with van der Waals surface area (Å²) in [5, 5.41) is 0. The van der Waals surface area contributed by atoms with Crippen LogP contribution in [-0.2, 0) is 32.7 Å². The molecular weight excluding hydrogens is 269 g/mol. The number of hydrogen-bond acceptors (Lipinski definition) is 0. The minimum Gasteiger partial charge on any atom is -0.144 e. The maximum absolute atomic E-state index is 3.33. The first kappa shape index (κ1) is 13.6. The zero-order valence-corrected chi connectivity index (χ0v) is 12.6. The van der Waals surface area contributed by atoms with Crippen LogP contribution in [-0.4, -0.2) is 0 Å². The molecular formula is C15H15Y-. The Bertz CT molecular complexity index is 415. The van der Waals surface area contributed by atoms with E-state index < -0.39 is 0 Å². The van der Waals surface area contributed by atoms with Crippen LogP contribution in [0.25, 0.3) is 11.1 Å². The third kappa shape index (κ3) is 3.27. The molecule has 0 nitrogen and oxygen atoms in total. The number of rotatable bonds is 2.